The van der Waals surface area contributed by atoms with E-state index < -0.39 is 12.6 Å². The summed E-state index contributed by atoms with van der Waals surface area (Å²) in [5.74, 6) is 0.159. The van der Waals surface area contributed by atoms with Crippen LogP contribution < -0.4 is 5.73 Å². The van der Waals surface area contributed by atoms with E-state index in [2.05, 4.69) is 4.98 Å². The number of imidazole rings is 1. The Balaban J connectivity index is 2.02. The van der Waals surface area contributed by atoms with Gasteiger partial charge in [0.25, 0.3) is 0 Å². The molecule has 2 heterocycles. The first-order valence-electron chi connectivity index (χ1n) is 5.87. The van der Waals surface area contributed by atoms with Crippen LogP contribution in [0.25, 0.3) is 0 Å². The number of hydrogen-bond acceptors (Lipinski definition) is 3. The summed E-state index contributed by atoms with van der Waals surface area (Å²) in [7, 11) is 0. The fourth-order valence-corrected chi connectivity index (χ4v) is 2.12. The summed E-state index contributed by atoms with van der Waals surface area (Å²) in [6, 6.07) is -0.316. The minimum absolute atomic E-state index is 0.139. The van der Waals surface area contributed by atoms with Gasteiger partial charge in [0.15, 0.2) is 0 Å². The maximum absolute atomic E-state index is 12.2. The lowest BCUT2D eigenvalue weighted by atomic mass is 9.97. The number of aryl methyl sites for hydroxylation is 1. The average molecular weight is 263 g/mol. The normalized spacial score (nSPS) is 22.3. The van der Waals surface area contributed by atoms with E-state index in [-0.39, 0.29) is 18.5 Å². The maximum Gasteiger partial charge on any atom is 0.390 e. The van der Waals surface area contributed by atoms with Crippen LogP contribution in [0.15, 0.2) is 12.5 Å². The monoisotopic (exact) mass is 263 g/mol. The van der Waals surface area contributed by atoms with Crippen molar-refractivity contribution >= 4 is 0 Å². The summed E-state index contributed by atoms with van der Waals surface area (Å²) >= 11 is 0. The fraction of sp³-hybridized carbons (Fsp3) is 0.727. The quantitative estimate of drug-likeness (QED) is 0.902. The van der Waals surface area contributed by atoms with E-state index in [9.17, 15) is 13.2 Å². The van der Waals surface area contributed by atoms with Crippen molar-refractivity contribution in [3.63, 3.8) is 0 Å². The number of ether oxygens (including phenoxy) is 1. The van der Waals surface area contributed by atoms with Gasteiger partial charge in [0.1, 0.15) is 0 Å². The molecule has 1 fully saturated rings. The van der Waals surface area contributed by atoms with E-state index >= 15 is 0 Å². The zero-order chi connectivity index (χ0) is 13.2. The highest BCUT2D eigenvalue weighted by Crippen LogP contribution is 2.27. The van der Waals surface area contributed by atoms with Gasteiger partial charge in [-0.3, -0.25) is 0 Å². The van der Waals surface area contributed by atoms with Gasteiger partial charge in [0, 0.05) is 25.3 Å². The molecule has 2 atom stereocenters. The number of nitrogens with two attached hydrogens (primary N) is 1. The predicted molar refractivity (Wildman–Crippen MR) is 58.8 cm³/mol. The van der Waals surface area contributed by atoms with Gasteiger partial charge >= 0.3 is 6.18 Å². The number of aromatic nitrogens is 2. The Bertz CT molecular complexity index is 385. The van der Waals surface area contributed by atoms with Crippen LogP contribution in [-0.2, 0) is 11.3 Å². The van der Waals surface area contributed by atoms with Gasteiger partial charge in [-0.25, -0.2) is 4.98 Å². The van der Waals surface area contributed by atoms with Crippen molar-refractivity contribution < 1.29 is 17.9 Å². The molecular weight excluding hydrogens is 247 g/mol. The lowest BCUT2D eigenvalue weighted by Gasteiger charge is -2.19. The van der Waals surface area contributed by atoms with Gasteiger partial charge < -0.3 is 15.0 Å². The molecule has 18 heavy (non-hydrogen) atoms. The Morgan fingerprint density at radius 1 is 1.56 bits per heavy atom. The summed E-state index contributed by atoms with van der Waals surface area (Å²) in [6.45, 7) is 1.08. The van der Waals surface area contributed by atoms with Crippen molar-refractivity contribution in [3.05, 3.63) is 18.2 Å². The summed E-state index contributed by atoms with van der Waals surface area (Å²) in [5.41, 5.74) is 6.71. The zero-order valence-corrected chi connectivity index (χ0v) is 9.86. The molecule has 2 N–H and O–H groups in total. The van der Waals surface area contributed by atoms with Crippen LogP contribution in [0, 0.1) is 5.92 Å². The van der Waals surface area contributed by atoms with Crippen molar-refractivity contribution in [2.24, 2.45) is 11.7 Å². The van der Waals surface area contributed by atoms with Crippen LogP contribution in [0.3, 0.4) is 0 Å². The van der Waals surface area contributed by atoms with E-state index in [0.717, 1.165) is 6.42 Å². The van der Waals surface area contributed by atoms with Crippen LogP contribution >= 0.6 is 0 Å². The largest absolute Gasteiger partial charge is 0.390 e. The van der Waals surface area contributed by atoms with Gasteiger partial charge in [-0.05, 0) is 6.42 Å². The van der Waals surface area contributed by atoms with Crippen molar-refractivity contribution in [1.82, 2.24) is 9.55 Å². The molecule has 1 saturated heterocycles. The number of nitrogens with zero attached hydrogens (tertiary/aromatic N) is 2. The highest BCUT2D eigenvalue weighted by atomic mass is 19.4. The Morgan fingerprint density at radius 2 is 2.33 bits per heavy atom. The number of alkyl halides is 3. The minimum Gasteiger partial charge on any atom is -0.381 e. The Kier molecular flexibility index (Phi) is 3.91. The van der Waals surface area contributed by atoms with Crippen LogP contribution in [0.2, 0.25) is 0 Å². The second-order valence-electron chi connectivity index (χ2n) is 4.53. The Hall–Kier alpha value is -1.08. The van der Waals surface area contributed by atoms with Gasteiger partial charge in [-0.15, -0.1) is 0 Å². The minimum atomic E-state index is -4.16. The van der Waals surface area contributed by atoms with Crippen molar-refractivity contribution in [1.29, 1.82) is 0 Å². The molecule has 1 aromatic heterocycles. The molecule has 4 nitrogen and oxygen atoms in total. The number of halogens is 3. The lowest BCUT2D eigenvalue weighted by Crippen LogP contribution is -2.25. The van der Waals surface area contributed by atoms with Gasteiger partial charge in [0.05, 0.1) is 31.1 Å². The van der Waals surface area contributed by atoms with Crippen LogP contribution in [0.1, 0.15) is 24.6 Å². The highest BCUT2D eigenvalue weighted by Gasteiger charge is 2.29. The molecule has 0 bridgehead atoms. The highest BCUT2D eigenvalue weighted by molar-refractivity contribution is 5.07. The summed E-state index contributed by atoms with van der Waals surface area (Å²) in [6.07, 6.45) is -1.26. The number of hydrogen-bond donors (Lipinski definition) is 1. The van der Waals surface area contributed by atoms with Crippen molar-refractivity contribution in [3.8, 4) is 0 Å². The Morgan fingerprint density at radius 3 is 2.94 bits per heavy atom. The SMILES string of the molecule is NC(c1cncn1CCC(F)(F)F)C1CCOC1. The molecule has 0 radical (unpaired) electrons. The van der Waals surface area contributed by atoms with Gasteiger partial charge in [-0.2, -0.15) is 13.2 Å². The predicted octanol–water partition coefficient (Wildman–Crippen LogP) is 1.87. The molecule has 1 aliphatic rings. The first kappa shape index (κ1) is 13.4. The Labute approximate surface area is 103 Å². The molecule has 0 aliphatic carbocycles. The van der Waals surface area contributed by atoms with Gasteiger partial charge in [0.2, 0.25) is 0 Å². The molecule has 0 aromatic carbocycles. The van der Waals surface area contributed by atoms with Crippen LogP contribution in [-0.4, -0.2) is 28.9 Å². The summed E-state index contributed by atoms with van der Waals surface area (Å²) in [5, 5.41) is 0. The molecular formula is C11H16F3N3O. The van der Waals surface area contributed by atoms with Gasteiger partial charge in [-0.1, -0.05) is 0 Å². The van der Waals surface area contributed by atoms with E-state index in [0.29, 0.717) is 18.9 Å². The second-order valence-corrected chi connectivity index (χ2v) is 4.53. The standard InChI is InChI=1S/C11H16F3N3O/c12-11(13,14)2-3-17-7-16-5-9(17)10(15)8-1-4-18-6-8/h5,7-8,10H,1-4,6,15H2. The lowest BCUT2D eigenvalue weighted by molar-refractivity contribution is -0.136. The number of rotatable bonds is 4. The zero-order valence-electron chi connectivity index (χ0n) is 9.86. The third-order valence-electron chi connectivity index (χ3n) is 3.19. The topological polar surface area (TPSA) is 53.1 Å². The molecule has 1 aromatic rings. The molecule has 102 valence electrons. The molecule has 7 heteroatoms. The average Bonchev–Trinajstić information content (AvgIpc) is 2.95. The molecule has 2 rings (SSSR count). The fourth-order valence-electron chi connectivity index (χ4n) is 2.12. The molecule has 2 unspecified atom stereocenters. The van der Waals surface area contributed by atoms with Crippen LogP contribution in [0.4, 0.5) is 13.2 Å². The molecule has 0 amide bonds. The van der Waals surface area contributed by atoms with Crippen LogP contribution in [0.5, 0.6) is 0 Å². The first-order chi connectivity index (χ1) is 8.47. The molecule has 0 saturated carbocycles. The smallest absolute Gasteiger partial charge is 0.381 e. The summed E-state index contributed by atoms with van der Waals surface area (Å²) in [4.78, 5) is 3.89. The second kappa shape index (κ2) is 5.27. The molecule has 1 aliphatic heterocycles. The summed E-state index contributed by atoms with van der Waals surface area (Å²) < 4.78 is 43.3. The first-order valence-corrected chi connectivity index (χ1v) is 5.87. The van der Waals surface area contributed by atoms with Crippen molar-refractivity contribution in [2.45, 2.75) is 31.6 Å². The third-order valence-corrected chi connectivity index (χ3v) is 3.19. The van der Waals surface area contributed by atoms with E-state index in [1.165, 1.54) is 10.9 Å². The van der Waals surface area contributed by atoms with E-state index in [1.54, 1.807) is 6.20 Å². The van der Waals surface area contributed by atoms with Crippen molar-refractivity contribution in [2.75, 3.05) is 13.2 Å². The molecule has 0 spiro atoms. The van der Waals surface area contributed by atoms with E-state index in [4.69, 9.17) is 10.5 Å². The maximum atomic E-state index is 12.2. The third kappa shape index (κ3) is 3.23. The van der Waals surface area contributed by atoms with E-state index in [1.807, 2.05) is 0 Å².